The van der Waals surface area contributed by atoms with Crippen LogP contribution < -0.4 is 15.6 Å². The Balaban J connectivity index is 1.71. The molecule has 0 aliphatic rings. The zero-order valence-corrected chi connectivity index (χ0v) is 20.1. The number of carbonyl (C=O) groups excluding carboxylic acids is 1. The molecule has 0 saturated carbocycles. The Hall–Kier alpha value is -3.77. The van der Waals surface area contributed by atoms with Crippen molar-refractivity contribution in [2.45, 2.75) is 26.9 Å². The van der Waals surface area contributed by atoms with Crippen LogP contribution in [0.3, 0.4) is 0 Å². The van der Waals surface area contributed by atoms with Crippen LogP contribution in [0, 0.1) is 13.8 Å². The Labute approximate surface area is 203 Å². The number of hydrogen-bond acceptors (Lipinski definition) is 3. The second-order valence-electron chi connectivity index (χ2n) is 8.17. The summed E-state index contributed by atoms with van der Waals surface area (Å²) in [6.07, 6.45) is 0. The zero-order valence-electron chi connectivity index (χ0n) is 19.3. The van der Waals surface area contributed by atoms with Gasteiger partial charge in [-0.25, -0.2) is 4.79 Å². The highest BCUT2D eigenvalue weighted by molar-refractivity contribution is 6.33. The standard InChI is InChI=1S/C27H26ClN3O3/c1-17-12-13-19-14-21(26(32)30-25(19)18(17)2)16-31(15-20-8-4-7-11-24(20)34-3)27(33)29-23-10-6-5-9-22(23)28/h4-14H,15-16H2,1-3H3,(H,29,33)(H,30,32). The molecule has 0 bridgehead atoms. The maximum Gasteiger partial charge on any atom is 0.322 e. The summed E-state index contributed by atoms with van der Waals surface area (Å²) in [6, 6.07) is 20.0. The highest BCUT2D eigenvalue weighted by atomic mass is 35.5. The number of aromatic nitrogens is 1. The number of nitrogens with one attached hydrogen (secondary N) is 2. The van der Waals surface area contributed by atoms with Gasteiger partial charge in [0, 0.05) is 11.1 Å². The zero-order chi connectivity index (χ0) is 24.2. The first-order valence-electron chi connectivity index (χ1n) is 10.9. The maximum absolute atomic E-state index is 13.3. The summed E-state index contributed by atoms with van der Waals surface area (Å²) >= 11 is 6.25. The maximum atomic E-state index is 13.3. The predicted octanol–water partition coefficient (Wildman–Crippen LogP) is 6.04. The number of nitrogens with zero attached hydrogens (tertiary/aromatic N) is 1. The summed E-state index contributed by atoms with van der Waals surface area (Å²) in [5, 5.41) is 4.21. The van der Waals surface area contributed by atoms with Gasteiger partial charge in [0.15, 0.2) is 0 Å². The van der Waals surface area contributed by atoms with Crippen LogP contribution in [0.4, 0.5) is 10.5 Å². The smallest absolute Gasteiger partial charge is 0.322 e. The van der Waals surface area contributed by atoms with Gasteiger partial charge in [-0.05, 0) is 54.6 Å². The van der Waals surface area contributed by atoms with E-state index in [9.17, 15) is 9.59 Å². The summed E-state index contributed by atoms with van der Waals surface area (Å²) in [5.41, 5.74) is 4.53. The van der Waals surface area contributed by atoms with E-state index >= 15 is 0 Å². The van der Waals surface area contributed by atoms with E-state index in [1.54, 1.807) is 36.3 Å². The van der Waals surface area contributed by atoms with Crippen molar-refractivity contribution in [2.24, 2.45) is 0 Å². The molecule has 0 fully saturated rings. The van der Waals surface area contributed by atoms with E-state index in [2.05, 4.69) is 10.3 Å². The molecule has 174 valence electrons. The lowest BCUT2D eigenvalue weighted by molar-refractivity contribution is 0.205. The average molecular weight is 476 g/mol. The Kier molecular flexibility index (Phi) is 6.89. The highest BCUT2D eigenvalue weighted by Crippen LogP contribution is 2.24. The first-order valence-corrected chi connectivity index (χ1v) is 11.3. The van der Waals surface area contributed by atoms with E-state index in [1.165, 1.54) is 0 Å². The first kappa shape index (κ1) is 23.4. The van der Waals surface area contributed by atoms with Gasteiger partial charge in [0.25, 0.3) is 5.56 Å². The van der Waals surface area contributed by atoms with E-state index < -0.39 is 0 Å². The number of benzene rings is 3. The molecule has 7 heteroatoms. The molecule has 0 unspecified atom stereocenters. The largest absolute Gasteiger partial charge is 0.496 e. The molecular formula is C27H26ClN3O3. The quantitative estimate of drug-likeness (QED) is 0.357. The Morgan fingerprint density at radius 1 is 1.00 bits per heavy atom. The monoisotopic (exact) mass is 475 g/mol. The van der Waals surface area contributed by atoms with Crippen LogP contribution in [0.15, 0.2) is 71.5 Å². The van der Waals surface area contributed by atoms with E-state index in [4.69, 9.17) is 16.3 Å². The molecule has 0 spiro atoms. The average Bonchev–Trinajstić information content (AvgIpc) is 2.83. The third kappa shape index (κ3) is 4.92. The lowest BCUT2D eigenvalue weighted by Gasteiger charge is -2.24. The molecule has 4 rings (SSSR count). The van der Waals surface area contributed by atoms with Gasteiger partial charge >= 0.3 is 6.03 Å². The number of carbonyl (C=O) groups is 1. The molecule has 6 nitrogen and oxygen atoms in total. The molecule has 34 heavy (non-hydrogen) atoms. The van der Waals surface area contributed by atoms with Gasteiger partial charge in [-0.15, -0.1) is 0 Å². The van der Waals surface area contributed by atoms with Crippen LogP contribution in [-0.4, -0.2) is 23.0 Å². The van der Waals surface area contributed by atoms with Crippen molar-refractivity contribution < 1.29 is 9.53 Å². The molecular weight excluding hydrogens is 450 g/mol. The number of aryl methyl sites for hydroxylation is 2. The van der Waals surface area contributed by atoms with Crippen molar-refractivity contribution >= 4 is 34.2 Å². The van der Waals surface area contributed by atoms with E-state index in [0.717, 1.165) is 27.6 Å². The normalized spacial score (nSPS) is 10.8. The van der Waals surface area contributed by atoms with E-state index in [-0.39, 0.29) is 24.7 Å². The minimum Gasteiger partial charge on any atom is -0.496 e. The van der Waals surface area contributed by atoms with Crippen LogP contribution in [-0.2, 0) is 13.1 Å². The molecule has 0 aliphatic heterocycles. The number of aromatic amines is 1. The lowest BCUT2D eigenvalue weighted by Crippen LogP contribution is -2.36. The highest BCUT2D eigenvalue weighted by Gasteiger charge is 2.19. The molecule has 2 amide bonds. The Morgan fingerprint density at radius 3 is 2.47 bits per heavy atom. The topological polar surface area (TPSA) is 74.4 Å². The molecule has 4 aromatic rings. The van der Waals surface area contributed by atoms with Gasteiger partial charge in [-0.3, -0.25) is 4.79 Å². The van der Waals surface area contributed by atoms with Gasteiger partial charge in [-0.1, -0.05) is 54.1 Å². The first-order chi connectivity index (χ1) is 16.4. The molecule has 0 aliphatic carbocycles. The van der Waals surface area contributed by atoms with Gasteiger partial charge < -0.3 is 19.9 Å². The number of fused-ring (bicyclic) bond motifs is 1. The van der Waals surface area contributed by atoms with Crippen LogP contribution in [0.1, 0.15) is 22.3 Å². The number of urea groups is 1. The third-order valence-corrected chi connectivity index (χ3v) is 6.28. The number of pyridine rings is 1. The van der Waals surface area contributed by atoms with Crippen molar-refractivity contribution in [2.75, 3.05) is 12.4 Å². The summed E-state index contributed by atoms with van der Waals surface area (Å²) in [4.78, 5) is 30.9. The number of amides is 2. The number of para-hydroxylation sites is 2. The molecule has 0 saturated heterocycles. The molecule has 0 radical (unpaired) electrons. The van der Waals surface area contributed by atoms with Gasteiger partial charge in [0.1, 0.15) is 5.75 Å². The van der Waals surface area contributed by atoms with Crippen LogP contribution in [0.2, 0.25) is 5.02 Å². The van der Waals surface area contributed by atoms with Crippen LogP contribution >= 0.6 is 11.6 Å². The number of H-pyrrole nitrogens is 1. The van der Waals surface area contributed by atoms with Crippen molar-refractivity contribution in [3.8, 4) is 5.75 Å². The van der Waals surface area contributed by atoms with E-state index in [1.807, 2.05) is 56.3 Å². The molecule has 3 aromatic carbocycles. The summed E-state index contributed by atoms with van der Waals surface area (Å²) in [6.45, 7) is 4.34. The van der Waals surface area contributed by atoms with Gasteiger partial charge in [0.05, 0.1) is 36.4 Å². The van der Waals surface area contributed by atoms with Crippen molar-refractivity contribution in [1.82, 2.24) is 9.88 Å². The molecule has 1 heterocycles. The van der Waals surface area contributed by atoms with Crippen molar-refractivity contribution in [1.29, 1.82) is 0 Å². The van der Waals surface area contributed by atoms with Crippen LogP contribution in [0.5, 0.6) is 5.75 Å². The molecule has 1 aromatic heterocycles. The number of anilines is 1. The lowest BCUT2D eigenvalue weighted by atomic mass is 10.0. The Morgan fingerprint density at radius 2 is 1.71 bits per heavy atom. The summed E-state index contributed by atoms with van der Waals surface area (Å²) in [5.74, 6) is 0.663. The predicted molar refractivity (Wildman–Crippen MR) is 137 cm³/mol. The number of hydrogen-bond donors (Lipinski definition) is 2. The van der Waals surface area contributed by atoms with Gasteiger partial charge in [0.2, 0.25) is 0 Å². The minimum atomic E-state index is -0.376. The van der Waals surface area contributed by atoms with Crippen molar-refractivity contribution in [3.05, 3.63) is 104 Å². The minimum absolute atomic E-state index is 0.104. The fourth-order valence-corrected chi connectivity index (χ4v) is 4.07. The number of methoxy groups -OCH3 is 1. The summed E-state index contributed by atoms with van der Waals surface area (Å²) in [7, 11) is 1.59. The fourth-order valence-electron chi connectivity index (χ4n) is 3.89. The van der Waals surface area contributed by atoms with Gasteiger partial charge in [-0.2, -0.15) is 0 Å². The SMILES string of the molecule is COc1ccccc1CN(Cc1cc2ccc(C)c(C)c2[nH]c1=O)C(=O)Nc1ccccc1Cl. The Bertz CT molecular complexity index is 1410. The third-order valence-electron chi connectivity index (χ3n) is 5.95. The number of ether oxygens (including phenoxy) is 1. The summed E-state index contributed by atoms with van der Waals surface area (Å²) < 4.78 is 5.47. The van der Waals surface area contributed by atoms with Crippen molar-refractivity contribution in [3.63, 3.8) is 0 Å². The number of halogens is 1. The second-order valence-corrected chi connectivity index (χ2v) is 8.58. The van der Waals surface area contributed by atoms with Crippen LogP contribution in [0.25, 0.3) is 10.9 Å². The number of rotatable bonds is 6. The second kappa shape index (κ2) is 10.0. The fraction of sp³-hybridized carbons (Fsp3) is 0.185. The molecule has 2 N–H and O–H groups in total. The molecule has 0 atom stereocenters. The van der Waals surface area contributed by atoms with E-state index in [0.29, 0.717) is 22.0 Å².